The molecule has 0 saturated heterocycles. The molecule has 0 aliphatic rings. The Morgan fingerprint density at radius 2 is 2.31 bits per heavy atom. The molecular formula is C9H14N2O2. The number of pyridine rings is 1. The van der Waals surface area contributed by atoms with Crippen LogP contribution < -0.4 is 10.5 Å². The summed E-state index contributed by atoms with van der Waals surface area (Å²) in [5.41, 5.74) is 5.64. The minimum Gasteiger partial charge on any atom is -0.495 e. The molecule has 3 N–H and O–H groups in total. The number of hydrogen-bond donors (Lipinski definition) is 2. The summed E-state index contributed by atoms with van der Waals surface area (Å²) in [7, 11) is 1.57. The van der Waals surface area contributed by atoms with Crippen molar-refractivity contribution in [2.24, 2.45) is 5.73 Å². The van der Waals surface area contributed by atoms with Gasteiger partial charge in [-0.2, -0.15) is 0 Å². The molecule has 0 aliphatic carbocycles. The zero-order chi connectivity index (χ0) is 9.90. The van der Waals surface area contributed by atoms with E-state index in [1.807, 2.05) is 0 Å². The maximum absolute atomic E-state index is 8.98. The van der Waals surface area contributed by atoms with Crippen LogP contribution in [-0.2, 0) is 5.54 Å². The van der Waals surface area contributed by atoms with Crippen molar-refractivity contribution in [3.63, 3.8) is 0 Å². The molecular weight excluding hydrogens is 168 g/mol. The van der Waals surface area contributed by atoms with Gasteiger partial charge in [-0.25, -0.2) is 0 Å². The standard InChI is InChI=1S/C9H14N2O2/c1-9(10,6-12)8-4-3-7(13-2)5-11-8/h3-5,12H,6,10H2,1-2H3. The number of nitrogens with zero attached hydrogens (tertiary/aromatic N) is 1. The molecule has 0 aliphatic heterocycles. The smallest absolute Gasteiger partial charge is 0.137 e. The van der Waals surface area contributed by atoms with E-state index in [9.17, 15) is 0 Å². The van der Waals surface area contributed by atoms with Crippen LogP contribution in [0.4, 0.5) is 0 Å². The molecule has 0 fully saturated rings. The molecule has 0 aromatic carbocycles. The van der Waals surface area contributed by atoms with Crippen LogP contribution in [0.25, 0.3) is 0 Å². The van der Waals surface area contributed by atoms with Crippen molar-refractivity contribution in [3.05, 3.63) is 24.0 Å². The molecule has 0 saturated carbocycles. The lowest BCUT2D eigenvalue weighted by molar-refractivity contribution is 0.206. The highest BCUT2D eigenvalue weighted by Gasteiger charge is 2.21. The molecule has 0 spiro atoms. The SMILES string of the molecule is COc1ccc(C(C)(N)CO)nc1. The highest BCUT2D eigenvalue weighted by atomic mass is 16.5. The Morgan fingerprint density at radius 3 is 2.69 bits per heavy atom. The van der Waals surface area contributed by atoms with E-state index in [1.165, 1.54) is 0 Å². The average Bonchev–Trinajstić information content (AvgIpc) is 2.18. The van der Waals surface area contributed by atoms with E-state index in [2.05, 4.69) is 4.98 Å². The summed E-state index contributed by atoms with van der Waals surface area (Å²) >= 11 is 0. The maximum atomic E-state index is 8.98. The largest absolute Gasteiger partial charge is 0.495 e. The van der Waals surface area contributed by atoms with Crippen molar-refractivity contribution in [2.75, 3.05) is 13.7 Å². The number of aliphatic hydroxyl groups is 1. The third kappa shape index (κ3) is 2.17. The third-order valence-corrected chi connectivity index (χ3v) is 1.89. The first-order chi connectivity index (χ1) is 6.10. The first-order valence-electron chi connectivity index (χ1n) is 4.00. The fraction of sp³-hybridized carbons (Fsp3) is 0.444. The topological polar surface area (TPSA) is 68.4 Å². The summed E-state index contributed by atoms with van der Waals surface area (Å²) < 4.78 is 4.95. The van der Waals surface area contributed by atoms with Gasteiger partial charge in [-0.3, -0.25) is 4.98 Å². The molecule has 1 aromatic heterocycles. The highest BCUT2D eigenvalue weighted by molar-refractivity contribution is 5.23. The van der Waals surface area contributed by atoms with Crippen molar-refractivity contribution >= 4 is 0 Å². The Hall–Kier alpha value is -1.13. The number of methoxy groups -OCH3 is 1. The van der Waals surface area contributed by atoms with Gasteiger partial charge in [-0.1, -0.05) is 0 Å². The summed E-state index contributed by atoms with van der Waals surface area (Å²) in [6, 6.07) is 3.51. The molecule has 0 amide bonds. The minimum absolute atomic E-state index is 0.133. The van der Waals surface area contributed by atoms with E-state index in [-0.39, 0.29) is 6.61 Å². The van der Waals surface area contributed by atoms with Crippen LogP contribution in [0.2, 0.25) is 0 Å². The van der Waals surface area contributed by atoms with E-state index in [0.29, 0.717) is 11.4 Å². The molecule has 1 atom stereocenters. The van der Waals surface area contributed by atoms with Crippen LogP contribution in [0.3, 0.4) is 0 Å². The quantitative estimate of drug-likeness (QED) is 0.703. The van der Waals surface area contributed by atoms with Crippen LogP contribution >= 0.6 is 0 Å². The second kappa shape index (κ2) is 3.72. The minimum atomic E-state index is -0.785. The summed E-state index contributed by atoms with van der Waals surface area (Å²) in [4.78, 5) is 4.08. The number of aromatic nitrogens is 1. The van der Waals surface area contributed by atoms with Crippen LogP contribution in [0.15, 0.2) is 18.3 Å². The Balaban J connectivity index is 2.92. The number of ether oxygens (including phenoxy) is 1. The van der Waals surface area contributed by atoms with E-state index in [4.69, 9.17) is 15.6 Å². The van der Waals surface area contributed by atoms with Crippen LogP contribution in [0.1, 0.15) is 12.6 Å². The summed E-state index contributed by atoms with van der Waals surface area (Å²) in [6.07, 6.45) is 1.58. The van der Waals surface area contributed by atoms with Gasteiger partial charge in [0.2, 0.25) is 0 Å². The van der Waals surface area contributed by atoms with E-state index in [0.717, 1.165) is 0 Å². The molecule has 4 nitrogen and oxygen atoms in total. The summed E-state index contributed by atoms with van der Waals surface area (Å²) in [5, 5.41) is 8.98. The number of nitrogens with two attached hydrogens (primary N) is 1. The predicted octanol–water partition coefficient (Wildman–Crippen LogP) is 0.256. The van der Waals surface area contributed by atoms with Gasteiger partial charge in [0.1, 0.15) is 5.75 Å². The lowest BCUT2D eigenvalue weighted by Gasteiger charge is -2.20. The lowest BCUT2D eigenvalue weighted by atomic mass is 10.0. The van der Waals surface area contributed by atoms with Crippen LogP contribution in [0.5, 0.6) is 5.75 Å². The van der Waals surface area contributed by atoms with Crippen molar-refractivity contribution in [1.29, 1.82) is 0 Å². The molecule has 1 rings (SSSR count). The normalized spacial score (nSPS) is 15.1. The van der Waals surface area contributed by atoms with Gasteiger partial charge in [-0.15, -0.1) is 0 Å². The Morgan fingerprint density at radius 1 is 1.62 bits per heavy atom. The Bertz CT molecular complexity index is 269. The van der Waals surface area contributed by atoms with E-state index < -0.39 is 5.54 Å². The highest BCUT2D eigenvalue weighted by Crippen LogP contribution is 2.16. The predicted molar refractivity (Wildman–Crippen MR) is 49.4 cm³/mol. The molecule has 1 unspecified atom stereocenters. The molecule has 4 heteroatoms. The summed E-state index contributed by atoms with van der Waals surface area (Å²) in [6.45, 7) is 1.59. The van der Waals surface area contributed by atoms with Crippen molar-refractivity contribution in [3.8, 4) is 5.75 Å². The average molecular weight is 182 g/mol. The Kier molecular flexibility index (Phi) is 2.85. The number of rotatable bonds is 3. The zero-order valence-electron chi connectivity index (χ0n) is 7.82. The van der Waals surface area contributed by atoms with Gasteiger partial charge in [-0.05, 0) is 19.1 Å². The first kappa shape index (κ1) is 9.95. The number of hydrogen-bond acceptors (Lipinski definition) is 4. The van der Waals surface area contributed by atoms with Crippen molar-refractivity contribution in [1.82, 2.24) is 4.98 Å². The molecule has 72 valence electrons. The monoisotopic (exact) mass is 182 g/mol. The fourth-order valence-corrected chi connectivity index (χ4v) is 0.920. The van der Waals surface area contributed by atoms with Crippen LogP contribution in [0, 0.1) is 0 Å². The van der Waals surface area contributed by atoms with Gasteiger partial charge < -0.3 is 15.6 Å². The molecule has 1 heterocycles. The van der Waals surface area contributed by atoms with Gasteiger partial charge in [0.05, 0.1) is 31.1 Å². The fourth-order valence-electron chi connectivity index (χ4n) is 0.920. The van der Waals surface area contributed by atoms with Crippen molar-refractivity contribution < 1.29 is 9.84 Å². The maximum Gasteiger partial charge on any atom is 0.137 e. The Labute approximate surface area is 77.4 Å². The summed E-state index contributed by atoms with van der Waals surface area (Å²) in [5.74, 6) is 0.678. The molecule has 0 bridgehead atoms. The molecule has 1 aromatic rings. The zero-order valence-corrected chi connectivity index (χ0v) is 7.82. The van der Waals surface area contributed by atoms with E-state index >= 15 is 0 Å². The third-order valence-electron chi connectivity index (χ3n) is 1.89. The lowest BCUT2D eigenvalue weighted by Crippen LogP contribution is -2.37. The number of aliphatic hydroxyl groups excluding tert-OH is 1. The first-order valence-corrected chi connectivity index (χ1v) is 4.00. The van der Waals surface area contributed by atoms with Gasteiger partial charge >= 0.3 is 0 Å². The van der Waals surface area contributed by atoms with Crippen LogP contribution in [-0.4, -0.2) is 23.8 Å². The van der Waals surface area contributed by atoms with Crippen molar-refractivity contribution in [2.45, 2.75) is 12.5 Å². The second-order valence-electron chi connectivity index (χ2n) is 3.16. The molecule has 13 heavy (non-hydrogen) atoms. The molecule has 0 radical (unpaired) electrons. The second-order valence-corrected chi connectivity index (χ2v) is 3.16. The van der Waals surface area contributed by atoms with Gasteiger partial charge in [0.25, 0.3) is 0 Å². The van der Waals surface area contributed by atoms with Gasteiger partial charge in [0.15, 0.2) is 0 Å². The van der Waals surface area contributed by atoms with E-state index in [1.54, 1.807) is 32.4 Å². The van der Waals surface area contributed by atoms with Gasteiger partial charge in [0, 0.05) is 0 Å².